The van der Waals surface area contributed by atoms with E-state index in [2.05, 4.69) is 5.32 Å². The van der Waals surface area contributed by atoms with Gasteiger partial charge < -0.3 is 14.8 Å². The van der Waals surface area contributed by atoms with Crippen molar-refractivity contribution in [3.8, 4) is 5.75 Å². The molecule has 1 saturated carbocycles. The van der Waals surface area contributed by atoms with Crippen LogP contribution in [0.3, 0.4) is 0 Å². The Bertz CT molecular complexity index is 765. The van der Waals surface area contributed by atoms with E-state index in [0.717, 1.165) is 54.6 Å². The number of methoxy groups -OCH3 is 1. The van der Waals surface area contributed by atoms with Crippen molar-refractivity contribution < 1.29 is 14.3 Å². The Morgan fingerprint density at radius 3 is 2.92 bits per heavy atom. The lowest BCUT2D eigenvalue weighted by Crippen LogP contribution is -2.32. The van der Waals surface area contributed by atoms with E-state index in [4.69, 9.17) is 14.5 Å². The van der Waals surface area contributed by atoms with Crippen molar-refractivity contribution in [2.24, 2.45) is 0 Å². The number of hydrogen-bond donors (Lipinski definition) is 1. The monoisotopic (exact) mass is 326 g/mol. The number of carbonyl (C=O) groups is 1. The van der Waals surface area contributed by atoms with Gasteiger partial charge in [0.15, 0.2) is 0 Å². The van der Waals surface area contributed by atoms with Crippen LogP contribution in [0.4, 0.5) is 0 Å². The molecule has 1 aliphatic carbocycles. The molecule has 1 N–H and O–H groups in total. The smallest absolute Gasteiger partial charge is 0.252 e. The highest BCUT2D eigenvalue weighted by Crippen LogP contribution is 2.40. The molecule has 0 spiro atoms. The average molecular weight is 326 g/mol. The van der Waals surface area contributed by atoms with Crippen LogP contribution < -0.4 is 10.1 Å². The summed E-state index contributed by atoms with van der Waals surface area (Å²) in [5.74, 6) is 1.17. The molecule has 4 rings (SSSR count). The third-order valence-electron chi connectivity index (χ3n) is 4.79. The molecule has 24 heavy (non-hydrogen) atoms. The zero-order chi connectivity index (χ0) is 16.5. The summed E-state index contributed by atoms with van der Waals surface area (Å²) >= 11 is 0. The predicted molar refractivity (Wildman–Crippen MR) is 91.6 cm³/mol. The number of hydrogen-bond acceptors (Lipinski definition) is 4. The number of pyridine rings is 1. The number of nitrogens with zero attached hydrogens (tertiary/aromatic N) is 1. The number of rotatable bonds is 5. The molecule has 1 atom stereocenters. The van der Waals surface area contributed by atoms with Crippen molar-refractivity contribution in [3.05, 3.63) is 35.5 Å². The highest BCUT2D eigenvalue weighted by molar-refractivity contribution is 6.06. The van der Waals surface area contributed by atoms with Crippen molar-refractivity contribution in [3.63, 3.8) is 0 Å². The summed E-state index contributed by atoms with van der Waals surface area (Å²) in [4.78, 5) is 17.5. The van der Waals surface area contributed by atoms with Gasteiger partial charge in [-0.05, 0) is 49.9 Å². The van der Waals surface area contributed by atoms with Crippen LogP contribution in [0.2, 0.25) is 0 Å². The first-order valence-corrected chi connectivity index (χ1v) is 8.63. The normalized spacial score (nSPS) is 20.3. The third kappa shape index (κ3) is 3.08. The van der Waals surface area contributed by atoms with Gasteiger partial charge in [0.1, 0.15) is 5.75 Å². The lowest BCUT2D eigenvalue weighted by Gasteiger charge is -2.13. The molecule has 1 saturated heterocycles. The largest absolute Gasteiger partial charge is 0.497 e. The molecule has 2 aromatic rings. The Hall–Kier alpha value is -2.14. The fourth-order valence-corrected chi connectivity index (χ4v) is 3.24. The van der Waals surface area contributed by atoms with Crippen molar-refractivity contribution in [2.75, 3.05) is 20.3 Å². The Labute approximate surface area is 141 Å². The maximum Gasteiger partial charge on any atom is 0.252 e. The molecule has 1 aliphatic heterocycles. The topological polar surface area (TPSA) is 60.5 Å². The molecule has 0 unspecified atom stereocenters. The van der Waals surface area contributed by atoms with Gasteiger partial charge in [-0.15, -0.1) is 0 Å². The summed E-state index contributed by atoms with van der Waals surface area (Å²) in [6.45, 7) is 1.35. The Morgan fingerprint density at radius 1 is 1.33 bits per heavy atom. The van der Waals surface area contributed by atoms with E-state index in [1.165, 1.54) is 0 Å². The SMILES string of the molecule is COc1ccc2nc(C3CC3)cc(C(=O)NC[C@H]3CCCO3)c2c1. The van der Waals surface area contributed by atoms with Gasteiger partial charge >= 0.3 is 0 Å². The molecule has 2 aliphatic rings. The van der Waals surface area contributed by atoms with E-state index in [9.17, 15) is 4.79 Å². The first-order valence-electron chi connectivity index (χ1n) is 8.63. The molecular weight excluding hydrogens is 304 g/mol. The minimum Gasteiger partial charge on any atom is -0.497 e. The summed E-state index contributed by atoms with van der Waals surface area (Å²) in [5.41, 5.74) is 2.55. The molecule has 126 valence electrons. The van der Waals surface area contributed by atoms with Gasteiger partial charge in [-0.2, -0.15) is 0 Å². The second-order valence-electron chi connectivity index (χ2n) is 6.60. The summed E-state index contributed by atoms with van der Waals surface area (Å²) < 4.78 is 10.9. The quantitative estimate of drug-likeness (QED) is 0.917. The number of carbonyl (C=O) groups excluding carboxylic acids is 1. The molecule has 5 heteroatoms. The zero-order valence-corrected chi connectivity index (χ0v) is 13.9. The second-order valence-corrected chi connectivity index (χ2v) is 6.60. The predicted octanol–water partition coefficient (Wildman–Crippen LogP) is 3.03. The van der Waals surface area contributed by atoms with Gasteiger partial charge in [-0.25, -0.2) is 0 Å². The third-order valence-corrected chi connectivity index (χ3v) is 4.79. The lowest BCUT2D eigenvalue weighted by atomic mass is 10.0. The highest BCUT2D eigenvalue weighted by Gasteiger charge is 2.27. The van der Waals surface area contributed by atoms with Crippen LogP contribution in [0.1, 0.15) is 47.7 Å². The molecule has 0 radical (unpaired) electrons. The molecular formula is C19H22N2O3. The minimum absolute atomic E-state index is 0.0620. The van der Waals surface area contributed by atoms with Crippen LogP contribution in [0.5, 0.6) is 5.75 Å². The molecule has 5 nitrogen and oxygen atoms in total. The van der Waals surface area contributed by atoms with Gasteiger partial charge in [0, 0.05) is 30.1 Å². The molecule has 2 heterocycles. The number of aromatic nitrogens is 1. The molecule has 0 bridgehead atoms. The van der Waals surface area contributed by atoms with Crippen molar-refractivity contribution >= 4 is 16.8 Å². The van der Waals surface area contributed by atoms with E-state index in [0.29, 0.717) is 18.0 Å². The van der Waals surface area contributed by atoms with Crippen LogP contribution in [-0.4, -0.2) is 37.3 Å². The Kier molecular flexibility index (Phi) is 4.10. The second kappa shape index (κ2) is 6.40. The summed E-state index contributed by atoms with van der Waals surface area (Å²) in [5, 5.41) is 3.86. The fourth-order valence-electron chi connectivity index (χ4n) is 3.24. The summed E-state index contributed by atoms with van der Waals surface area (Å²) in [6, 6.07) is 7.65. The molecule has 2 fully saturated rings. The van der Waals surface area contributed by atoms with Crippen LogP contribution in [0, 0.1) is 0 Å². The Balaban J connectivity index is 1.66. The molecule has 1 amide bonds. The fraction of sp³-hybridized carbons (Fsp3) is 0.474. The summed E-state index contributed by atoms with van der Waals surface area (Å²) in [7, 11) is 1.63. The first-order chi connectivity index (χ1) is 11.7. The number of amides is 1. The number of benzene rings is 1. The van der Waals surface area contributed by atoms with Gasteiger partial charge in [0.2, 0.25) is 0 Å². The van der Waals surface area contributed by atoms with Gasteiger partial charge in [-0.1, -0.05) is 0 Å². The van der Waals surface area contributed by atoms with Crippen molar-refractivity contribution in [1.29, 1.82) is 0 Å². The van der Waals surface area contributed by atoms with Crippen LogP contribution in [0.15, 0.2) is 24.3 Å². The van der Waals surface area contributed by atoms with Crippen LogP contribution in [-0.2, 0) is 4.74 Å². The minimum atomic E-state index is -0.0620. The van der Waals surface area contributed by atoms with Gasteiger partial charge in [0.05, 0.1) is 24.3 Å². The van der Waals surface area contributed by atoms with E-state index in [1.807, 2.05) is 24.3 Å². The van der Waals surface area contributed by atoms with Gasteiger partial charge in [0.25, 0.3) is 5.91 Å². The Morgan fingerprint density at radius 2 is 2.21 bits per heavy atom. The summed E-state index contributed by atoms with van der Waals surface area (Å²) in [6.07, 6.45) is 4.54. The number of nitrogens with one attached hydrogen (secondary N) is 1. The maximum absolute atomic E-state index is 12.8. The van der Waals surface area contributed by atoms with E-state index < -0.39 is 0 Å². The zero-order valence-electron chi connectivity index (χ0n) is 13.9. The van der Waals surface area contributed by atoms with Crippen LogP contribution >= 0.6 is 0 Å². The van der Waals surface area contributed by atoms with Crippen molar-refractivity contribution in [2.45, 2.75) is 37.7 Å². The number of ether oxygens (including phenoxy) is 2. The lowest BCUT2D eigenvalue weighted by molar-refractivity contribution is 0.0859. The average Bonchev–Trinajstić information content (AvgIpc) is 3.34. The van der Waals surface area contributed by atoms with Crippen LogP contribution in [0.25, 0.3) is 10.9 Å². The van der Waals surface area contributed by atoms with Crippen molar-refractivity contribution in [1.82, 2.24) is 10.3 Å². The van der Waals surface area contributed by atoms with E-state index in [1.54, 1.807) is 7.11 Å². The maximum atomic E-state index is 12.8. The molecule has 1 aromatic heterocycles. The van der Waals surface area contributed by atoms with Gasteiger partial charge in [-0.3, -0.25) is 9.78 Å². The number of fused-ring (bicyclic) bond motifs is 1. The molecule has 1 aromatic carbocycles. The van der Waals surface area contributed by atoms with E-state index in [-0.39, 0.29) is 12.0 Å². The first kappa shape index (κ1) is 15.4. The van der Waals surface area contributed by atoms with E-state index >= 15 is 0 Å². The highest BCUT2D eigenvalue weighted by atomic mass is 16.5. The standard InChI is InChI=1S/C19H22N2O3/c1-23-13-6-7-17-15(9-13)16(10-18(21-17)12-4-5-12)19(22)20-11-14-3-2-8-24-14/h6-7,9-10,12,14H,2-5,8,11H2,1H3,(H,20,22)/t14-/m1/s1.